The van der Waals surface area contributed by atoms with E-state index in [1.54, 1.807) is 6.92 Å². The molecule has 0 bridgehead atoms. The number of nitrogens with one attached hydrogen (secondary N) is 1. The van der Waals surface area contributed by atoms with E-state index in [1.165, 1.54) is 11.3 Å². The first-order chi connectivity index (χ1) is 7.86. The molecule has 1 amide bonds. The van der Waals surface area contributed by atoms with Gasteiger partial charge in [-0.3, -0.25) is 4.79 Å². The first-order valence-corrected chi connectivity index (χ1v) is 5.84. The van der Waals surface area contributed by atoms with Gasteiger partial charge in [0.05, 0.1) is 0 Å². The Labute approximate surface area is 99.2 Å². The lowest BCUT2D eigenvalue weighted by molar-refractivity contribution is -0.154. The van der Waals surface area contributed by atoms with Crippen LogP contribution in [0.3, 0.4) is 0 Å². The van der Waals surface area contributed by atoms with Gasteiger partial charge in [0.15, 0.2) is 0 Å². The predicted molar refractivity (Wildman–Crippen MR) is 54.4 cm³/mol. The van der Waals surface area contributed by atoms with E-state index in [1.807, 2.05) is 5.32 Å². The van der Waals surface area contributed by atoms with Crippen LogP contribution in [-0.2, 0) is 11.2 Å². The van der Waals surface area contributed by atoms with Gasteiger partial charge in [-0.25, -0.2) is 0 Å². The second kappa shape index (κ2) is 4.25. The Balaban J connectivity index is 2.02. The lowest BCUT2D eigenvalue weighted by atomic mass is 10.0. The SMILES string of the molecule is Cc1nnc(CC2CC(C(F)(F)F)NC2=O)s1. The lowest BCUT2D eigenvalue weighted by Crippen LogP contribution is -2.38. The third kappa shape index (κ3) is 2.74. The number of carbonyl (C=O) groups is 1. The monoisotopic (exact) mass is 265 g/mol. The number of hydrogen-bond donors (Lipinski definition) is 1. The molecule has 94 valence electrons. The highest BCUT2D eigenvalue weighted by atomic mass is 32.1. The first-order valence-electron chi connectivity index (χ1n) is 5.02. The topological polar surface area (TPSA) is 54.9 Å². The molecule has 0 saturated carbocycles. The maximum atomic E-state index is 12.4. The van der Waals surface area contributed by atoms with E-state index in [4.69, 9.17) is 0 Å². The Kier molecular flexibility index (Phi) is 3.07. The number of rotatable bonds is 2. The predicted octanol–water partition coefficient (Wildman–Crippen LogP) is 1.46. The number of hydrogen-bond acceptors (Lipinski definition) is 4. The number of aryl methyl sites for hydroxylation is 1. The molecule has 4 nitrogen and oxygen atoms in total. The second-order valence-electron chi connectivity index (χ2n) is 3.95. The van der Waals surface area contributed by atoms with Crippen LogP contribution >= 0.6 is 11.3 Å². The lowest BCUT2D eigenvalue weighted by Gasteiger charge is -2.13. The fourth-order valence-corrected chi connectivity index (χ4v) is 2.55. The summed E-state index contributed by atoms with van der Waals surface area (Å²) < 4.78 is 37.2. The first kappa shape index (κ1) is 12.3. The average Bonchev–Trinajstić information content (AvgIpc) is 2.74. The Morgan fingerprint density at radius 2 is 2.18 bits per heavy atom. The van der Waals surface area contributed by atoms with E-state index in [0.29, 0.717) is 5.01 Å². The van der Waals surface area contributed by atoms with Gasteiger partial charge in [0.1, 0.15) is 16.1 Å². The summed E-state index contributed by atoms with van der Waals surface area (Å²) >= 11 is 1.30. The number of alkyl halides is 3. The van der Waals surface area contributed by atoms with Crippen molar-refractivity contribution in [3.8, 4) is 0 Å². The van der Waals surface area contributed by atoms with Gasteiger partial charge >= 0.3 is 6.18 Å². The Bertz CT molecular complexity index is 431. The standard InChI is InChI=1S/C9H10F3N3OS/c1-4-14-15-7(17-4)3-5-2-6(9(10,11)12)13-8(5)16/h5-6H,2-3H2,1H3,(H,13,16). The van der Waals surface area contributed by atoms with Crippen molar-refractivity contribution in [3.63, 3.8) is 0 Å². The van der Waals surface area contributed by atoms with E-state index in [9.17, 15) is 18.0 Å². The molecule has 2 rings (SSSR count). The fourth-order valence-electron chi connectivity index (χ4n) is 1.76. The Morgan fingerprint density at radius 3 is 2.65 bits per heavy atom. The highest BCUT2D eigenvalue weighted by Gasteiger charge is 2.47. The van der Waals surface area contributed by atoms with Crippen molar-refractivity contribution < 1.29 is 18.0 Å². The molecular formula is C9H10F3N3OS. The molecule has 1 aliphatic heterocycles. The zero-order valence-corrected chi connectivity index (χ0v) is 9.73. The zero-order valence-electron chi connectivity index (χ0n) is 8.91. The average molecular weight is 265 g/mol. The molecule has 8 heteroatoms. The summed E-state index contributed by atoms with van der Waals surface area (Å²) in [5.41, 5.74) is 0. The van der Waals surface area contributed by atoms with Crippen LogP contribution in [0.2, 0.25) is 0 Å². The van der Waals surface area contributed by atoms with Crippen LogP contribution in [0.4, 0.5) is 13.2 Å². The molecule has 2 atom stereocenters. The smallest absolute Gasteiger partial charge is 0.344 e. The van der Waals surface area contributed by atoms with Gasteiger partial charge in [-0.1, -0.05) is 0 Å². The van der Waals surface area contributed by atoms with Crippen LogP contribution in [0.15, 0.2) is 0 Å². The molecule has 0 radical (unpaired) electrons. The number of carbonyl (C=O) groups excluding carboxylic acids is 1. The van der Waals surface area contributed by atoms with Crippen molar-refractivity contribution in [1.82, 2.24) is 15.5 Å². The van der Waals surface area contributed by atoms with Crippen molar-refractivity contribution in [1.29, 1.82) is 0 Å². The highest BCUT2D eigenvalue weighted by molar-refractivity contribution is 7.11. The van der Waals surface area contributed by atoms with E-state index >= 15 is 0 Å². The van der Waals surface area contributed by atoms with Gasteiger partial charge in [0.25, 0.3) is 0 Å². The minimum absolute atomic E-state index is 0.221. The molecule has 2 unspecified atom stereocenters. The molecule has 1 N–H and O–H groups in total. The number of nitrogens with zero attached hydrogens (tertiary/aromatic N) is 2. The zero-order chi connectivity index (χ0) is 12.6. The summed E-state index contributed by atoms with van der Waals surface area (Å²) in [7, 11) is 0. The van der Waals surface area contributed by atoms with Gasteiger partial charge in [-0.2, -0.15) is 13.2 Å². The Hall–Kier alpha value is -1.18. The van der Waals surface area contributed by atoms with Gasteiger partial charge in [-0.05, 0) is 13.3 Å². The summed E-state index contributed by atoms with van der Waals surface area (Å²) in [6, 6.07) is -1.73. The fraction of sp³-hybridized carbons (Fsp3) is 0.667. The van der Waals surface area contributed by atoms with Gasteiger partial charge in [0.2, 0.25) is 5.91 Å². The van der Waals surface area contributed by atoms with Crippen LogP contribution in [-0.4, -0.2) is 28.3 Å². The minimum atomic E-state index is -4.37. The maximum Gasteiger partial charge on any atom is 0.408 e. The summed E-state index contributed by atoms with van der Waals surface area (Å²) in [5.74, 6) is -1.21. The molecule has 0 spiro atoms. The Morgan fingerprint density at radius 1 is 1.47 bits per heavy atom. The van der Waals surface area contributed by atoms with Crippen LogP contribution in [0.5, 0.6) is 0 Å². The van der Waals surface area contributed by atoms with Crippen LogP contribution in [0, 0.1) is 12.8 Å². The van der Waals surface area contributed by atoms with E-state index < -0.39 is 24.0 Å². The van der Waals surface area contributed by atoms with E-state index in [2.05, 4.69) is 10.2 Å². The summed E-state index contributed by atoms with van der Waals surface area (Å²) in [5, 5.41) is 10.9. The molecule has 0 aliphatic carbocycles. The normalized spacial score (nSPS) is 25.1. The van der Waals surface area contributed by atoms with E-state index in [-0.39, 0.29) is 12.8 Å². The molecule has 1 fully saturated rings. The minimum Gasteiger partial charge on any atom is -0.344 e. The van der Waals surface area contributed by atoms with Crippen LogP contribution in [0.1, 0.15) is 16.4 Å². The summed E-state index contributed by atoms with van der Waals surface area (Å²) in [6.45, 7) is 1.76. The molecular weight excluding hydrogens is 255 g/mol. The van der Waals surface area contributed by atoms with Crippen molar-refractivity contribution in [2.75, 3.05) is 0 Å². The molecule has 2 heterocycles. The number of amides is 1. The largest absolute Gasteiger partial charge is 0.408 e. The molecule has 1 saturated heterocycles. The number of halogens is 3. The maximum absolute atomic E-state index is 12.4. The van der Waals surface area contributed by atoms with Gasteiger partial charge < -0.3 is 5.32 Å². The quantitative estimate of drug-likeness (QED) is 0.880. The van der Waals surface area contributed by atoms with Crippen molar-refractivity contribution >= 4 is 17.2 Å². The highest BCUT2D eigenvalue weighted by Crippen LogP contribution is 2.31. The van der Waals surface area contributed by atoms with Crippen molar-refractivity contribution in [2.24, 2.45) is 5.92 Å². The molecule has 1 aliphatic rings. The number of aromatic nitrogens is 2. The summed E-state index contributed by atoms with van der Waals surface area (Å²) in [6.07, 6.45) is -4.37. The molecule has 1 aromatic rings. The van der Waals surface area contributed by atoms with Gasteiger partial charge in [0, 0.05) is 12.3 Å². The van der Waals surface area contributed by atoms with Crippen molar-refractivity contribution in [3.05, 3.63) is 10.0 Å². The van der Waals surface area contributed by atoms with Crippen molar-refractivity contribution in [2.45, 2.75) is 32.0 Å². The van der Waals surface area contributed by atoms with E-state index in [0.717, 1.165) is 5.01 Å². The second-order valence-corrected chi connectivity index (χ2v) is 5.22. The molecule has 0 aromatic carbocycles. The molecule has 1 aromatic heterocycles. The molecule has 17 heavy (non-hydrogen) atoms. The van der Waals surface area contributed by atoms with Gasteiger partial charge in [-0.15, -0.1) is 21.5 Å². The third-order valence-electron chi connectivity index (χ3n) is 2.59. The van der Waals surface area contributed by atoms with Crippen LogP contribution < -0.4 is 5.32 Å². The third-order valence-corrected chi connectivity index (χ3v) is 3.45. The summed E-state index contributed by atoms with van der Waals surface area (Å²) in [4.78, 5) is 11.4. The van der Waals surface area contributed by atoms with Crippen LogP contribution in [0.25, 0.3) is 0 Å².